The summed E-state index contributed by atoms with van der Waals surface area (Å²) < 4.78 is 0. The van der Waals surface area contributed by atoms with Gasteiger partial charge in [0.15, 0.2) is 0 Å². The van der Waals surface area contributed by atoms with Crippen molar-refractivity contribution in [3.8, 4) is 44.5 Å². The molecule has 262 valence electrons. The van der Waals surface area contributed by atoms with Crippen molar-refractivity contribution in [1.29, 1.82) is 0 Å². The normalized spacial score (nSPS) is 13.4. The van der Waals surface area contributed by atoms with E-state index in [1.165, 1.54) is 121 Å². The molecule has 0 saturated heterocycles. The molecular formula is C57H34. The van der Waals surface area contributed by atoms with Gasteiger partial charge in [0.25, 0.3) is 0 Å². The summed E-state index contributed by atoms with van der Waals surface area (Å²) in [6.07, 6.45) is 0. The van der Waals surface area contributed by atoms with E-state index in [1.54, 1.807) is 0 Å². The molecule has 0 heterocycles. The smallest absolute Gasteiger partial charge is 0.0619 e. The van der Waals surface area contributed by atoms with E-state index in [0.29, 0.717) is 0 Å². The van der Waals surface area contributed by atoms with Crippen molar-refractivity contribution >= 4 is 53.9 Å². The number of hydrogen-bond acceptors (Lipinski definition) is 0. The Labute approximate surface area is 330 Å². The average Bonchev–Trinajstić information content (AvgIpc) is 3.72. The zero-order chi connectivity index (χ0) is 37.2. The van der Waals surface area contributed by atoms with E-state index in [0.717, 1.165) is 0 Å². The van der Waals surface area contributed by atoms with Crippen LogP contribution in [0.15, 0.2) is 206 Å². The molecule has 11 aromatic rings. The molecule has 0 bridgehead atoms. The molecule has 0 nitrogen and oxygen atoms in total. The number of hydrogen-bond donors (Lipinski definition) is 0. The SMILES string of the molecule is c1ccc2c(c1)-c1ccccc1C21c2cc3ccccc3cc2-c2cc3ccc(-c4c5ccccc5c(-c5ccc6ccccc6c5)c5ccccc45)cc3cc21. The highest BCUT2D eigenvalue weighted by Crippen LogP contribution is 2.63. The van der Waals surface area contributed by atoms with Crippen molar-refractivity contribution in [3.63, 3.8) is 0 Å². The van der Waals surface area contributed by atoms with Gasteiger partial charge >= 0.3 is 0 Å². The molecule has 0 amide bonds. The van der Waals surface area contributed by atoms with Crippen molar-refractivity contribution < 1.29 is 0 Å². The van der Waals surface area contributed by atoms with Gasteiger partial charge in [-0.3, -0.25) is 0 Å². The maximum Gasteiger partial charge on any atom is 0.0725 e. The van der Waals surface area contributed by atoms with Gasteiger partial charge in [-0.15, -0.1) is 0 Å². The van der Waals surface area contributed by atoms with Gasteiger partial charge in [-0.25, -0.2) is 0 Å². The van der Waals surface area contributed by atoms with Gasteiger partial charge in [-0.2, -0.15) is 0 Å². The van der Waals surface area contributed by atoms with Gasteiger partial charge in [-0.05, 0) is 157 Å². The van der Waals surface area contributed by atoms with Crippen molar-refractivity contribution in [2.45, 2.75) is 5.41 Å². The molecule has 57 heavy (non-hydrogen) atoms. The quantitative estimate of drug-likeness (QED) is 0.156. The Balaban J connectivity index is 1.09. The summed E-state index contributed by atoms with van der Waals surface area (Å²) in [5, 5.41) is 12.7. The molecule has 0 aliphatic heterocycles. The summed E-state index contributed by atoms with van der Waals surface area (Å²) in [6, 6.07) is 77.7. The van der Waals surface area contributed by atoms with E-state index in [1.807, 2.05) is 0 Å². The van der Waals surface area contributed by atoms with Crippen LogP contribution in [-0.4, -0.2) is 0 Å². The fraction of sp³-hybridized carbons (Fsp3) is 0.0175. The van der Waals surface area contributed by atoms with Crippen LogP contribution in [0.1, 0.15) is 22.3 Å². The second kappa shape index (κ2) is 11.4. The van der Waals surface area contributed by atoms with Crippen LogP contribution in [0.25, 0.3) is 98.4 Å². The highest BCUT2D eigenvalue weighted by molar-refractivity contribution is 6.22. The molecule has 2 aliphatic rings. The molecule has 0 aromatic heterocycles. The minimum absolute atomic E-state index is 0.410. The molecule has 0 radical (unpaired) electrons. The molecule has 13 rings (SSSR count). The van der Waals surface area contributed by atoms with Crippen molar-refractivity contribution in [2.75, 3.05) is 0 Å². The predicted octanol–water partition coefficient (Wildman–Crippen LogP) is 15.1. The van der Waals surface area contributed by atoms with Gasteiger partial charge in [0, 0.05) is 0 Å². The summed E-state index contributed by atoms with van der Waals surface area (Å²) in [5.41, 5.74) is 15.5. The zero-order valence-electron chi connectivity index (χ0n) is 31.1. The summed E-state index contributed by atoms with van der Waals surface area (Å²) >= 11 is 0. The van der Waals surface area contributed by atoms with Crippen molar-refractivity contribution in [3.05, 3.63) is 229 Å². The molecule has 0 unspecified atom stereocenters. The van der Waals surface area contributed by atoms with Gasteiger partial charge in [-0.1, -0.05) is 170 Å². The van der Waals surface area contributed by atoms with Gasteiger partial charge in [0.2, 0.25) is 0 Å². The first kappa shape index (κ1) is 31.0. The molecule has 0 N–H and O–H groups in total. The van der Waals surface area contributed by atoms with Gasteiger partial charge in [0.1, 0.15) is 0 Å². The van der Waals surface area contributed by atoms with Crippen LogP contribution < -0.4 is 0 Å². The maximum atomic E-state index is 2.53. The van der Waals surface area contributed by atoms with Crippen LogP contribution in [0.5, 0.6) is 0 Å². The Bertz CT molecular complexity index is 3430. The molecule has 0 fully saturated rings. The third kappa shape index (κ3) is 4.12. The second-order valence-electron chi connectivity index (χ2n) is 15.9. The summed E-state index contributed by atoms with van der Waals surface area (Å²) in [5.74, 6) is 0. The zero-order valence-corrected chi connectivity index (χ0v) is 31.1. The Morgan fingerprint density at radius 2 is 0.596 bits per heavy atom. The van der Waals surface area contributed by atoms with E-state index in [-0.39, 0.29) is 0 Å². The second-order valence-corrected chi connectivity index (χ2v) is 15.9. The molecule has 11 aromatic carbocycles. The standard InChI is InChI=1S/C57H34/c1-2-14-36-29-40(27-25-35(36)13-1)55-45-19-5-7-21-47(45)56(48-22-8-6-20-46(48)55)41-28-26-39-32-50-49-31-37-15-3-4-16-38(37)33-53(49)57(54(50)34-42(39)30-41)51-23-11-9-17-43(51)44-18-10-12-24-52(44)57/h1-34H. The van der Waals surface area contributed by atoms with Gasteiger partial charge in [0.05, 0.1) is 5.41 Å². The molecule has 0 heteroatoms. The lowest BCUT2D eigenvalue weighted by Crippen LogP contribution is -2.25. The maximum absolute atomic E-state index is 2.53. The number of fused-ring (bicyclic) bond motifs is 15. The van der Waals surface area contributed by atoms with E-state index < -0.39 is 5.41 Å². The third-order valence-corrected chi connectivity index (χ3v) is 13.2. The van der Waals surface area contributed by atoms with Crippen LogP contribution in [0.2, 0.25) is 0 Å². The fourth-order valence-corrected chi connectivity index (χ4v) is 10.8. The highest BCUT2D eigenvalue weighted by Gasteiger charge is 2.51. The first-order valence-corrected chi connectivity index (χ1v) is 20.0. The Morgan fingerprint density at radius 3 is 1.14 bits per heavy atom. The predicted molar refractivity (Wildman–Crippen MR) is 241 cm³/mol. The Kier molecular flexibility index (Phi) is 6.19. The lowest BCUT2D eigenvalue weighted by molar-refractivity contribution is 0.796. The molecule has 1 spiro atoms. The van der Waals surface area contributed by atoms with E-state index in [9.17, 15) is 0 Å². The average molecular weight is 719 g/mol. The van der Waals surface area contributed by atoms with Crippen LogP contribution in [-0.2, 0) is 5.41 Å². The van der Waals surface area contributed by atoms with Crippen LogP contribution in [0.4, 0.5) is 0 Å². The molecule has 0 atom stereocenters. The summed E-state index contributed by atoms with van der Waals surface area (Å²) in [4.78, 5) is 0. The number of rotatable bonds is 2. The first-order valence-electron chi connectivity index (χ1n) is 20.0. The van der Waals surface area contributed by atoms with Crippen LogP contribution >= 0.6 is 0 Å². The van der Waals surface area contributed by atoms with E-state index >= 15 is 0 Å². The van der Waals surface area contributed by atoms with E-state index in [4.69, 9.17) is 0 Å². The molecule has 2 aliphatic carbocycles. The minimum atomic E-state index is -0.410. The van der Waals surface area contributed by atoms with Crippen molar-refractivity contribution in [2.24, 2.45) is 0 Å². The highest BCUT2D eigenvalue weighted by atomic mass is 14.5. The molecule has 0 saturated carbocycles. The topological polar surface area (TPSA) is 0 Å². The Hall–Kier alpha value is -7.28. The van der Waals surface area contributed by atoms with E-state index in [2.05, 4.69) is 206 Å². The third-order valence-electron chi connectivity index (χ3n) is 13.2. The van der Waals surface area contributed by atoms with Crippen molar-refractivity contribution in [1.82, 2.24) is 0 Å². The largest absolute Gasteiger partial charge is 0.0725 e. The van der Waals surface area contributed by atoms with Gasteiger partial charge < -0.3 is 0 Å². The fourth-order valence-electron chi connectivity index (χ4n) is 10.8. The molecular weight excluding hydrogens is 685 g/mol. The Morgan fingerprint density at radius 1 is 0.228 bits per heavy atom. The summed E-state index contributed by atoms with van der Waals surface area (Å²) in [6.45, 7) is 0. The van der Waals surface area contributed by atoms with Crippen LogP contribution in [0.3, 0.4) is 0 Å². The lowest BCUT2D eigenvalue weighted by atomic mass is 9.70. The minimum Gasteiger partial charge on any atom is -0.0619 e. The lowest BCUT2D eigenvalue weighted by Gasteiger charge is -2.30. The first-order chi connectivity index (χ1) is 28.3. The van der Waals surface area contributed by atoms with Crippen LogP contribution in [0, 0.1) is 0 Å². The number of benzene rings is 11. The summed E-state index contributed by atoms with van der Waals surface area (Å²) in [7, 11) is 0. The monoisotopic (exact) mass is 718 g/mol.